The normalized spacial score (nSPS) is 14.6. The van der Waals surface area contributed by atoms with Crippen molar-refractivity contribution in [1.82, 2.24) is 15.3 Å². The number of halogens is 2. The zero-order valence-electron chi connectivity index (χ0n) is 16.3. The lowest BCUT2D eigenvalue weighted by Gasteiger charge is -2.14. The number of alkyl carbamates (subject to hydrolysis) is 1. The summed E-state index contributed by atoms with van der Waals surface area (Å²) >= 11 is 5.78. The molecule has 9 heteroatoms. The summed E-state index contributed by atoms with van der Waals surface area (Å²) in [5.74, 6) is -0.923. The van der Waals surface area contributed by atoms with Crippen LogP contribution >= 0.6 is 11.6 Å². The number of aromatic nitrogens is 2. The van der Waals surface area contributed by atoms with Crippen LogP contribution in [-0.4, -0.2) is 22.0 Å². The van der Waals surface area contributed by atoms with E-state index in [1.54, 1.807) is 24.4 Å². The SMILES string of the molecule is O=C(NC1CCc2c(C(=O)Nc3ccc(F)c(Cl)c3)ccnc21)OCc1ccccn1. The summed E-state index contributed by atoms with van der Waals surface area (Å²) in [5, 5.41) is 5.43. The van der Waals surface area contributed by atoms with Gasteiger partial charge in [0.15, 0.2) is 0 Å². The molecule has 1 atom stereocenters. The first-order chi connectivity index (χ1) is 15.0. The van der Waals surface area contributed by atoms with E-state index in [-0.39, 0.29) is 23.6 Å². The van der Waals surface area contributed by atoms with E-state index in [1.165, 1.54) is 24.4 Å². The van der Waals surface area contributed by atoms with Gasteiger partial charge in [-0.15, -0.1) is 0 Å². The maximum Gasteiger partial charge on any atom is 0.408 e. The lowest BCUT2D eigenvalue weighted by atomic mass is 10.1. The standard InChI is InChI=1S/C22H18ClFN4O3/c23-17-11-13(4-6-18(17)24)27-21(29)16-8-10-26-20-15(16)5-7-19(20)28-22(30)31-12-14-3-1-2-9-25-14/h1-4,6,8-11,19H,5,7,12H2,(H,27,29)(H,28,30). The predicted octanol–water partition coefficient (Wildman–Crippen LogP) is 4.44. The smallest absolute Gasteiger partial charge is 0.408 e. The second kappa shape index (κ2) is 9.09. The molecule has 0 saturated carbocycles. The lowest BCUT2D eigenvalue weighted by molar-refractivity contribution is 0.102. The van der Waals surface area contributed by atoms with Gasteiger partial charge in [0.2, 0.25) is 0 Å². The molecule has 1 unspecified atom stereocenters. The van der Waals surface area contributed by atoms with Gasteiger partial charge in [0.05, 0.1) is 22.5 Å². The molecule has 2 heterocycles. The van der Waals surface area contributed by atoms with Gasteiger partial charge in [0.25, 0.3) is 5.91 Å². The maximum absolute atomic E-state index is 13.3. The average Bonchev–Trinajstić information content (AvgIpc) is 3.18. The summed E-state index contributed by atoms with van der Waals surface area (Å²) in [6, 6.07) is 10.6. The highest BCUT2D eigenvalue weighted by Crippen LogP contribution is 2.32. The van der Waals surface area contributed by atoms with E-state index >= 15 is 0 Å². The molecule has 0 saturated heterocycles. The fourth-order valence-electron chi connectivity index (χ4n) is 3.43. The minimum Gasteiger partial charge on any atom is -0.443 e. The Bertz CT molecular complexity index is 1130. The van der Waals surface area contributed by atoms with Gasteiger partial charge in [-0.1, -0.05) is 17.7 Å². The minimum absolute atomic E-state index is 0.0579. The van der Waals surface area contributed by atoms with Crippen LogP contribution in [0.4, 0.5) is 14.9 Å². The van der Waals surface area contributed by atoms with E-state index in [4.69, 9.17) is 16.3 Å². The summed E-state index contributed by atoms with van der Waals surface area (Å²) in [6.07, 6.45) is 3.72. The van der Waals surface area contributed by atoms with E-state index in [2.05, 4.69) is 20.6 Å². The average molecular weight is 441 g/mol. The number of carbonyl (C=O) groups excluding carboxylic acids is 2. The number of carbonyl (C=O) groups is 2. The van der Waals surface area contributed by atoms with Gasteiger partial charge in [-0.3, -0.25) is 14.8 Å². The Morgan fingerprint density at radius 2 is 2.03 bits per heavy atom. The Kier molecular flexibility index (Phi) is 6.08. The van der Waals surface area contributed by atoms with Crippen molar-refractivity contribution >= 4 is 29.3 Å². The number of hydrogen-bond acceptors (Lipinski definition) is 5. The van der Waals surface area contributed by atoms with Gasteiger partial charge in [0.1, 0.15) is 12.4 Å². The highest BCUT2D eigenvalue weighted by molar-refractivity contribution is 6.31. The van der Waals surface area contributed by atoms with Crippen LogP contribution < -0.4 is 10.6 Å². The first kappa shape index (κ1) is 20.7. The second-order valence-electron chi connectivity index (χ2n) is 6.94. The summed E-state index contributed by atoms with van der Waals surface area (Å²) in [6.45, 7) is 0.0579. The number of benzene rings is 1. The third-order valence-corrected chi connectivity index (χ3v) is 5.18. The molecule has 2 aromatic heterocycles. The van der Waals surface area contributed by atoms with E-state index in [0.717, 1.165) is 5.56 Å². The largest absolute Gasteiger partial charge is 0.443 e. The Hall–Kier alpha value is -3.52. The van der Waals surface area contributed by atoms with Gasteiger partial charge >= 0.3 is 6.09 Å². The number of hydrogen-bond donors (Lipinski definition) is 2. The molecule has 0 fully saturated rings. The van der Waals surface area contributed by atoms with E-state index in [0.29, 0.717) is 35.5 Å². The second-order valence-corrected chi connectivity index (χ2v) is 7.35. The molecule has 1 aromatic carbocycles. The number of pyridine rings is 2. The Balaban J connectivity index is 1.43. The molecule has 2 N–H and O–H groups in total. The summed E-state index contributed by atoms with van der Waals surface area (Å²) in [4.78, 5) is 33.4. The molecule has 1 aliphatic rings. The first-order valence-electron chi connectivity index (χ1n) is 9.58. The molecular formula is C22H18ClFN4O3. The molecule has 3 aromatic rings. The predicted molar refractivity (Wildman–Crippen MR) is 112 cm³/mol. The van der Waals surface area contributed by atoms with Crippen LogP contribution in [0.15, 0.2) is 54.9 Å². The van der Waals surface area contributed by atoms with Crippen molar-refractivity contribution in [3.05, 3.63) is 88.2 Å². The highest BCUT2D eigenvalue weighted by Gasteiger charge is 2.29. The third-order valence-electron chi connectivity index (χ3n) is 4.89. The Morgan fingerprint density at radius 3 is 2.81 bits per heavy atom. The quantitative estimate of drug-likeness (QED) is 0.612. The van der Waals surface area contributed by atoms with Crippen molar-refractivity contribution in [3.63, 3.8) is 0 Å². The Labute approximate surface area is 182 Å². The summed E-state index contributed by atoms with van der Waals surface area (Å²) in [7, 11) is 0. The highest BCUT2D eigenvalue weighted by atomic mass is 35.5. The molecule has 0 aliphatic heterocycles. The molecule has 1 aliphatic carbocycles. The molecular weight excluding hydrogens is 423 g/mol. The number of nitrogens with zero attached hydrogens (tertiary/aromatic N) is 2. The van der Waals surface area contributed by atoms with Gasteiger partial charge in [-0.2, -0.15) is 0 Å². The number of nitrogens with one attached hydrogen (secondary N) is 2. The van der Waals surface area contributed by atoms with E-state index < -0.39 is 11.9 Å². The van der Waals surface area contributed by atoms with Crippen molar-refractivity contribution in [2.24, 2.45) is 0 Å². The Morgan fingerprint density at radius 1 is 1.16 bits per heavy atom. The van der Waals surface area contributed by atoms with E-state index in [9.17, 15) is 14.0 Å². The van der Waals surface area contributed by atoms with Crippen molar-refractivity contribution in [2.75, 3.05) is 5.32 Å². The van der Waals surface area contributed by atoms with Crippen molar-refractivity contribution in [1.29, 1.82) is 0 Å². The molecule has 158 valence electrons. The molecule has 7 nitrogen and oxygen atoms in total. The van der Waals surface area contributed by atoms with Crippen LogP contribution in [0, 0.1) is 5.82 Å². The number of fused-ring (bicyclic) bond motifs is 1. The van der Waals surface area contributed by atoms with Gasteiger partial charge in [-0.05, 0) is 54.8 Å². The van der Waals surface area contributed by atoms with Crippen LogP contribution in [0.3, 0.4) is 0 Å². The molecule has 2 amide bonds. The van der Waals surface area contributed by atoms with Crippen LogP contribution in [0.2, 0.25) is 5.02 Å². The van der Waals surface area contributed by atoms with Gasteiger partial charge < -0.3 is 15.4 Å². The van der Waals surface area contributed by atoms with Gasteiger partial charge in [-0.25, -0.2) is 9.18 Å². The molecule has 0 radical (unpaired) electrons. The van der Waals surface area contributed by atoms with Crippen LogP contribution in [0.5, 0.6) is 0 Å². The van der Waals surface area contributed by atoms with E-state index in [1.807, 2.05) is 6.07 Å². The van der Waals surface area contributed by atoms with Gasteiger partial charge in [0, 0.05) is 23.6 Å². The molecule has 4 rings (SSSR count). The molecule has 0 spiro atoms. The first-order valence-corrected chi connectivity index (χ1v) is 9.96. The van der Waals surface area contributed by atoms with Crippen LogP contribution in [0.25, 0.3) is 0 Å². The molecule has 0 bridgehead atoms. The number of anilines is 1. The lowest BCUT2D eigenvalue weighted by Crippen LogP contribution is -2.28. The zero-order chi connectivity index (χ0) is 21.8. The number of rotatable bonds is 5. The summed E-state index contributed by atoms with van der Waals surface area (Å²) in [5.41, 5.74) is 2.84. The van der Waals surface area contributed by atoms with Crippen LogP contribution in [-0.2, 0) is 17.8 Å². The fraction of sp³-hybridized carbons (Fsp3) is 0.182. The number of ether oxygens (including phenoxy) is 1. The number of amides is 2. The maximum atomic E-state index is 13.3. The van der Waals surface area contributed by atoms with Crippen molar-refractivity contribution in [3.8, 4) is 0 Å². The van der Waals surface area contributed by atoms with Crippen molar-refractivity contribution in [2.45, 2.75) is 25.5 Å². The summed E-state index contributed by atoms with van der Waals surface area (Å²) < 4.78 is 18.6. The monoisotopic (exact) mass is 440 g/mol. The molecule has 31 heavy (non-hydrogen) atoms. The minimum atomic E-state index is -0.582. The van der Waals surface area contributed by atoms with Crippen LogP contribution in [0.1, 0.15) is 39.8 Å². The fourth-order valence-corrected chi connectivity index (χ4v) is 3.61. The third kappa shape index (κ3) is 4.80. The topological polar surface area (TPSA) is 93.2 Å². The van der Waals surface area contributed by atoms with Crippen molar-refractivity contribution < 1.29 is 18.7 Å². The zero-order valence-corrected chi connectivity index (χ0v) is 17.0.